The molecular formula is C15H18F2N2O4. The standard InChI is InChI=1S/C15H18F2N2O4/c1-2-23-14(20)10-3-4-12(13(9-10)19(21)22)18-11-5-7-15(16,17)8-6-11/h3-4,9,11,18H,2,5-8H2,1H3. The maximum absolute atomic E-state index is 13.2. The van der Waals surface area contributed by atoms with Gasteiger partial charge in [0.25, 0.3) is 5.69 Å². The van der Waals surface area contributed by atoms with Gasteiger partial charge in [0.05, 0.1) is 17.1 Å². The first-order valence-electron chi connectivity index (χ1n) is 7.42. The maximum atomic E-state index is 13.2. The molecular weight excluding hydrogens is 310 g/mol. The van der Waals surface area contributed by atoms with E-state index in [-0.39, 0.29) is 55.3 Å². The Balaban J connectivity index is 2.15. The van der Waals surface area contributed by atoms with Crippen molar-refractivity contribution in [3.63, 3.8) is 0 Å². The zero-order chi connectivity index (χ0) is 17.0. The van der Waals surface area contributed by atoms with Crippen LogP contribution in [0.5, 0.6) is 0 Å². The molecule has 0 aliphatic heterocycles. The van der Waals surface area contributed by atoms with E-state index in [0.717, 1.165) is 6.07 Å². The van der Waals surface area contributed by atoms with Crippen LogP contribution in [0.3, 0.4) is 0 Å². The summed E-state index contributed by atoms with van der Waals surface area (Å²) in [5, 5.41) is 14.1. The van der Waals surface area contributed by atoms with Gasteiger partial charge >= 0.3 is 5.97 Å². The molecule has 1 aliphatic rings. The Morgan fingerprint density at radius 2 is 2.09 bits per heavy atom. The van der Waals surface area contributed by atoms with E-state index < -0.39 is 16.8 Å². The average molecular weight is 328 g/mol. The van der Waals surface area contributed by atoms with E-state index in [0.29, 0.717) is 0 Å². The van der Waals surface area contributed by atoms with E-state index >= 15 is 0 Å². The lowest BCUT2D eigenvalue weighted by atomic mass is 9.92. The molecule has 0 amide bonds. The number of ether oxygens (including phenoxy) is 1. The molecule has 2 rings (SSSR count). The molecule has 1 fully saturated rings. The Morgan fingerprint density at radius 3 is 2.65 bits per heavy atom. The Kier molecular flexibility index (Phi) is 5.12. The summed E-state index contributed by atoms with van der Waals surface area (Å²) in [6.07, 6.45) is 0.00626. The number of benzene rings is 1. The third kappa shape index (κ3) is 4.37. The molecule has 0 heterocycles. The van der Waals surface area contributed by atoms with Crippen LogP contribution in [0.4, 0.5) is 20.2 Å². The number of esters is 1. The van der Waals surface area contributed by atoms with E-state index in [2.05, 4.69) is 5.32 Å². The lowest BCUT2D eigenvalue weighted by Gasteiger charge is -2.29. The number of nitrogens with zero attached hydrogens (tertiary/aromatic N) is 1. The molecule has 23 heavy (non-hydrogen) atoms. The molecule has 126 valence electrons. The third-order valence-corrected chi connectivity index (χ3v) is 3.78. The summed E-state index contributed by atoms with van der Waals surface area (Å²) >= 11 is 0. The minimum absolute atomic E-state index is 0.0827. The number of carbonyl (C=O) groups is 1. The number of alkyl halides is 2. The van der Waals surface area contributed by atoms with Gasteiger partial charge in [0, 0.05) is 24.9 Å². The molecule has 1 saturated carbocycles. The van der Waals surface area contributed by atoms with Crippen molar-refractivity contribution in [3.8, 4) is 0 Å². The van der Waals surface area contributed by atoms with Crippen molar-refractivity contribution in [2.75, 3.05) is 11.9 Å². The topological polar surface area (TPSA) is 81.5 Å². The van der Waals surface area contributed by atoms with Gasteiger partial charge in [-0.3, -0.25) is 10.1 Å². The summed E-state index contributed by atoms with van der Waals surface area (Å²) in [4.78, 5) is 22.2. The predicted octanol–water partition coefficient (Wildman–Crippen LogP) is 3.76. The summed E-state index contributed by atoms with van der Waals surface area (Å²) in [6, 6.07) is 3.72. The second-order valence-corrected chi connectivity index (χ2v) is 5.48. The smallest absolute Gasteiger partial charge is 0.338 e. The second-order valence-electron chi connectivity index (χ2n) is 5.48. The predicted molar refractivity (Wildman–Crippen MR) is 79.9 cm³/mol. The minimum Gasteiger partial charge on any atom is -0.462 e. The molecule has 6 nitrogen and oxygen atoms in total. The second kappa shape index (κ2) is 6.89. The molecule has 0 spiro atoms. The Hall–Kier alpha value is -2.25. The lowest BCUT2D eigenvalue weighted by molar-refractivity contribution is -0.384. The van der Waals surface area contributed by atoms with Crippen LogP contribution in [0.25, 0.3) is 0 Å². The number of halogens is 2. The number of hydrogen-bond acceptors (Lipinski definition) is 5. The Bertz CT molecular complexity index is 597. The SMILES string of the molecule is CCOC(=O)c1ccc(NC2CCC(F)(F)CC2)c([N+](=O)[O-])c1. The maximum Gasteiger partial charge on any atom is 0.338 e. The van der Waals surface area contributed by atoms with Crippen molar-refractivity contribution in [3.05, 3.63) is 33.9 Å². The van der Waals surface area contributed by atoms with Gasteiger partial charge < -0.3 is 10.1 Å². The molecule has 0 atom stereocenters. The number of carbonyl (C=O) groups excluding carboxylic acids is 1. The molecule has 1 aliphatic carbocycles. The molecule has 8 heteroatoms. The largest absolute Gasteiger partial charge is 0.462 e. The first kappa shape index (κ1) is 17.1. The lowest BCUT2D eigenvalue weighted by Crippen LogP contribution is -2.32. The molecule has 1 aromatic carbocycles. The van der Waals surface area contributed by atoms with Crippen molar-refractivity contribution >= 4 is 17.3 Å². The molecule has 0 unspecified atom stereocenters. The quantitative estimate of drug-likeness (QED) is 0.505. The fourth-order valence-corrected chi connectivity index (χ4v) is 2.55. The summed E-state index contributed by atoms with van der Waals surface area (Å²) in [5.41, 5.74) is 0.0328. The van der Waals surface area contributed by atoms with Gasteiger partial charge in [0.2, 0.25) is 5.92 Å². The van der Waals surface area contributed by atoms with E-state index in [1.807, 2.05) is 0 Å². The summed E-state index contributed by atoms with van der Waals surface area (Å²) in [6.45, 7) is 1.81. The zero-order valence-corrected chi connectivity index (χ0v) is 12.7. The van der Waals surface area contributed by atoms with Crippen LogP contribution in [0, 0.1) is 10.1 Å². The van der Waals surface area contributed by atoms with Crippen LogP contribution < -0.4 is 5.32 Å². The highest BCUT2D eigenvalue weighted by molar-refractivity contribution is 5.91. The number of rotatable bonds is 5. The highest BCUT2D eigenvalue weighted by Crippen LogP contribution is 2.35. The fourth-order valence-electron chi connectivity index (χ4n) is 2.55. The first-order chi connectivity index (χ1) is 10.8. The normalized spacial score (nSPS) is 17.5. The van der Waals surface area contributed by atoms with Crippen LogP contribution in [0.2, 0.25) is 0 Å². The van der Waals surface area contributed by atoms with Gasteiger partial charge in [-0.15, -0.1) is 0 Å². The van der Waals surface area contributed by atoms with Crippen molar-refractivity contribution in [1.82, 2.24) is 0 Å². The van der Waals surface area contributed by atoms with Crippen molar-refractivity contribution in [2.24, 2.45) is 0 Å². The number of anilines is 1. The van der Waals surface area contributed by atoms with Gasteiger partial charge in [0.15, 0.2) is 0 Å². The van der Waals surface area contributed by atoms with Crippen molar-refractivity contribution in [2.45, 2.75) is 44.6 Å². The summed E-state index contributed by atoms with van der Waals surface area (Å²) < 4.78 is 31.1. The molecule has 0 bridgehead atoms. The Labute approximate surface area is 132 Å². The first-order valence-corrected chi connectivity index (χ1v) is 7.42. The van der Waals surface area contributed by atoms with Crippen LogP contribution >= 0.6 is 0 Å². The molecule has 1 N–H and O–H groups in total. The third-order valence-electron chi connectivity index (χ3n) is 3.78. The summed E-state index contributed by atoms with van der Waals surface area (Å²) in [5.74, 6) is -3.29. The minimum atomic E-state index is -2.65. The van der Waals surface area contributed by atoms with Crippen LogP contribution in [0.15, 0.2) is 18.2 Å². The number of nitro benzene ring substituents is 1. The fraction of sp³-hybridized carbons (Fsp3) is 0.533. The molecule has 1 aromatic rings. The monoisotopic (exact) mass is 328 g/mol. The highest BCUT2D eigenvalue weighted by Gasteiger charge is 2.35. The average Bonchev–Trinajstić information content (AvgIpc) is 2.49. The molecule has 0 aromatic heterocycles. The number of nitro groups is 1. The van der Waals surface area contributed by atoms with Gasteiger partial charge in [-0.05, 0) is 31.9 Å². The van der Waals surface area contributed by atoms with Crippen molar-refractivity contribution in [1.29, 1.82) is 0 Å². The van der Waals surface area contributed by atoms with Gasteiger partial charge in [-0.25, -0.2) is 13.6 Å². The van der Waals surface area contributed by atoms with Crippen LogP contribution in [0.1, 0.15) is 43.0 Å². The number of hydrogen-bond donors (Lipinski definition) is 1. The highest BCUT2D eigenvalue weighted by atomic mass is 19.3. The number of nitrogens with one attached hydrogen (secondary N) is 1. The molecule has 0 radical (unpaired) electrons. The van der Waals surface area contributed by atoms with E-state index in [4.69, 9.17) is 4.74 Å². The summed E-state index contributed by atoms with van der Waals surface area (Å²) in [7, 11) is 0. The Morgan fingerprint density at radius 1 is 1.43 bits per heavy atom. The molecule has 0 saturated heterocycles. The zero-order valence-electron chi connectivity index (χ0n) is 12.7. The van der Waals surface area contributed by atoms with E-state index in [1.165, 1.54) is 12.1 Å². The van der Waals surface area contributed by atoms with Gasteiger partial charge in [0.1, 0.15) is 5.69 Å². The van der Waals surface area contributed by atoms with E-state index in [9.17, 15) is 23.7 Å². The van der Waals surface area contributed by atoms with Crippen molar-refractivity contribution < 1.29 is 23.2 Å². The van der Waals surface area contributed by atoms with Crippen LogP contribution in [-0.4, -0.2) is 29.5 Å². The van der Waals surface area contributed by atoms with Gasteiger partial charge in [-0.1, -0.05) is 0 Å². The van der Waals surface area contributed by atoms with Gasteiger partial charge in [-0.2, -0.15) is 0 Å². The van der Waals surface area contributed by atoms with E-state index in [1.54, 1.807) is 6.92 Å². The van der Waals surface area contributed by atoms with Crippen LogP contribution in [-0.2, 0) is 4.74 Å².